The van der Waals surface area contributed by atoms with Gasteiger partial charge in [-0.2, -0.15) is 11.8 Å². The Bertz CT molecular complexity index is 444. The van der Waals surface area contributed by atoms with Crippen molar-refractivity contribution in [3.05, 3.63) is 0 Å². The highest BCUT2D eigenvalue weighted by Gasteiger charge is 2.42. The fourth-order valence-corrected chi connectivity index (χ4v) is 4.75. The molecule has 3 atom stereocenters. The molecule has 7 heteroatoms. The van der Waals surface area contributed by atoms with Crippen molar-refractivity contribution in [1.29, 1.82) is 0 Å². The van der Waals surface area contributed by atoms with Crippen molar-refractivity contribution in [2.24, 2.45) is 0 Å². The molecule has 6 nitrogen and oxygen atoms in total. The topological polar surface area (TPSA) is 95.5 Å². The van der Waals surface area contributed by atoms with Crippen LogP contribution < -0.4 is 10.6 Å². The average Bonchev–Trinajstić information content (AvgIpc) is 3.02. The van der Waals surface area contributed by atoms with E-state index in [0.29, 0.717) is 24.5 Å². The molecular formula is C16H26N2O4S. The molecule has 0 unspecified atom stereocenters. The van der Waals surface area contributed by atoms with Gasteiger partial charge in [0.1, 0.15) is 5.78 Å². The van der Waals surface area contributed by atoms with Gasteiger partial charge in [-0.3, -0.25) is 9.59 Å². The summed E-state index contributed by atoms with van der Waals surface area (Å²) in [6, 6.07) is 0.464. The van der Waals surface area contributed by atoms with E-state index in [1.54, 1.807) is 0 Å². The maximum Gasteiger partial charge on any atom is 0.315 e. The number of nitrogens with one attached hydrogen (secondary N) is 2. The molecule has 0 aromatic heterocycles. The number of rotatable bonds is 11. The smallest absolute Gasteiger partial charge is 0.315 e. The van der Waals surface area contributed by atoms with Crippen molar-refractivity contribution in [3.8, 4) is 0 Å². The molecule has 2 amide bonds. The molecular weight excluding hydrogens is 316 g/mol. The second-order valence-corrected chi connectivity index (χ2v) is 7.63. The minimum Gasteiger partial charge on any atom is -0.481 e. The molecule has 0 spiro atoms. The number of carboxylic acids is 1. The summed E-state index contributed by atoms with van der Waals surface area (Å²) in [5.74, 6) is 0.494. The summed E-state index contributed by atoms with van der Waals surface area (Å²) in [4.78, 5) is 33.4. The van der Waals surface area contributed by atoms with E-state index in [2.05, 4.69) is 10.6 Å². The summed E-state index contributed by atoms with van der Waals surface area (Å²) >= 11 is 1.91. The number of carbonyl (C=O) groups excluding carboxylic acids is 2. The number of amides is 2. The minimum atomic E-state index is -0.767. The molecule has 2 saturated heterocycles. The molecule has 0 aromatic carbocycles. The van der Waals surface area contributed by atoms with Crippen molar-refractivity contribution >= 4 is 29.5 Å². The molecule has 2 heterocycles. The van der Waals surface area contributed by atoms with Gasteiger partial charge in [0.05, 0.1) is 12.1 Å². The lowest BCUT2D eigenvalue weighted by molar-refractivity contribution is -0.137. The van der Waals surface area contributed by atoms with Crippen molar-refractivity contribution in [2.45, 2.75) is 75.1 Å². The second kappa shape index (κ2) is 9.15. The summed E-state index contributed by atoms with van der Waals surface area (Å²) in [6.45, 7) is 0. The second-order valence-electron chi connectivity index (χ2n) is 6.36. The lowest BCUT2D eigenvalue weighted by Crippen LogP contribution is -2.36. The first kappa shape index (κ1) is 18.1. The Kier molecular flexibility index (Phi) is 7.20. The van der Waals surface area contributed by atoms with E-state index in [4.69, 9.17) is 5.11 Å². The van der Waals surface area contributed by atoms with Crippen molar-refractivity contribution in [1.82, 2.24) is 10.6 Å². The largest absolute Gasteiger partial charge is 0.481 e. The number of carbonyl (C=O) groups is 3. The maximum absolute atomic E-state index is 11.8. The number of ketones is 1. The molecule has 0 aliphatic carbocycles. The Morgan fingerprint density at radius 3 is 2.48 bits per heavy atom. The van der Waals surface area contributed by atoms with E-state index in [9.17, 15) is 14.4 Å². The number of unbranched alkanes of at least 4 members (excludes halogenated alkanes) is 3. The minimum absolute atomic E-state index is 0.0524. The van der Waals surface area contributed by atoms with E-state index < -0.39 is 5.97 Å². The fourth-order valence-electron chi connectivity index (χ4n) is 3.21. The molecule has 2 fully saturated rings. The van der Waals surface area contributed by atoms with E-state index in [0.717, 1.165) is 37.9 Å². The summed E-state index contributed by atoms with van der Waals surface area (Å²) in [5.41, 5.74) is 0. The number of carboxylic acid groups (broad SMARTS) is 1. The lowest BCUT2D eigenvalue weighted by Gasteiger charge is -2.16. The highest BCUT2D eigenvalue weighted by molar-refractivity contribution is 8.00. The van der Waals surface area contributed by atoms with Crippen LogP contribution >= 0.6 is 11.8 Å². The Morgan fingerprint density at radius 2 is 1.74 bits per heavy atom. The van der Waals surface area contributed by atoms with Gasteiger partial charge in [0.15, 0.2) is 0 Å². The van der Waals surface area contributed by atoms with Crippen LogP contribution in [0.25, 0.3) is 0 Å². The molecule has 0 aromatic rings. The molecule has 0 radical (unpaired) electrons. The molecule has 23 heavy (non-hydrogen) atoms. The first-order valence-electron chi connectivity index (χ1n) is 8.48. The Labute approximate surface area is 141 Å². The van der Waals surface area contributed by atoms with Crippen LogP contribution in [0.2, 0.25) is 0 Å². The van der Waals surface area contributed by atoms with E-state index in [-0.39, 0.29) is 30.3 Å². The monoisotopic (exact) mass is 342 g/mol. The first-order valence-corrected chi connectivity index (χ1v) is 9.53. The van der Waals surface area contributed by atoms with Crippen molar-refractivity contribution in [3.63, 3.8) is 0 Å². The summed E-state index contributed by atoms with van der Waals surface area (Å²) in [6.07, 6.45) is 6.62. The van der Waals surface area contributed by atoms with Crippen LogP contribution in [0, 0.1) is 0 Å². The van der Waals surface area contributed by atoms with Gasteiger partial charge in [0, 0.05) is 30.3 Å². The highest BCUT2D eigenvalue weighted by Crippen LogP contribution is 2.33. The van der Waals surface area contributed by atoms with E-state index >= 15 is 0 Å². The predicted octanol–water partition coefficient (Wildman–Crippen LogP) is 2.32. The third kappa shape index (κ3) is 6.05. The molecule has 3 N–H and O–H groups in total. The van der Waals surface area contributed by atoms with Crippen LogP contribution in [0.5, 0.6) is 0 Å². The maximum atomic E-state index is 11.8. The molecule has 2 aliphatic heterocycles. The predicted molar refractivity (Wildman–Crippen MR) is 89.7 cm³/mol. The van der Waals surface area contributed by atoms with Gasteiger partial charge in [-0.05, 0) is 25.7 Å². The number of urea groups is 1. The van der Waals surface area contributed by atoms with Gasteiger partial charge in [0.25, 0.3) is 0 Å². The number of hydrogen-bond acceptors (Lipinski definition) is 4. The standard InChI is InChI=1S/C16H26N2O4S/c19-11(6-2-1-3-9-14(20)21)7-4-5-8-13-15-12(10-23-13)17-16(22)18-15/h12-13,15H,1-10H2,(H,20,21)(H2,17,18,22)/t12-,13-,15-/m0/s1. The van der Waals surface area contributed by atoms with E-state index in [1.165, 1.54) is 0 Å². The molecule has 2 rings (SSSR count). The lowest BCUT2D eigenvalue weighted by atomic mass is 10.0. The summed E-state index contributed by atoms with van der Waals surface area (Å²) in [7, 11) is 0. The SMILES string of the molecule is O=C(O)CCCCCC(=O)CCCC[C@@H]1SC[C@@H]2NC(=O)N[C@@H]21. The van der Waals surface area contributed by atoms with E-state index in [1.807, 2.05) is 11.8 Å². The third-order valence-corrected chi connectivity index (χ3v) is 5.99. The molecule has 2 aliphatic rings. The number of hydrogen-bond donors (Lipinski definition) is 3. The van der Waals surface area contributed by atoms with Crippen LogP contribution in [0.15, 0.2) is 0 Å². The molecule has 0 saturated carbocycles. The van der Waals surface area contributed by atoms with Crippen LogP contribution in [-0.4, -0.2) is 46.0 Å². The molecule has 130 valence electrons. The van der Waals surface area contributed by atoms with Gasteiger partial charge < -0.3 is 15.7 Å². The Hall–Kier alpha value is -1.24. The van der Waals surface area contributed by atoms with Gasteiger partial charge in [-0.15, -0.1) is 0 Å². The average molecular weight is 342 g/mol. The van der Waals surface area contributed by atoms with Gasteiger partial charge >= 0.3 is 12.0 Å². The molecule has 0 bridgehead atoms. The zero-order chi connectivity index (χ0) is 16.7. The van der Waals surface area contributed by atoms with Gasteiger partial charge in [-0.25, -0.2) is 4.79 Å². The van der Waals surface area contributed by atoms with Crippen molar-refractivity contribution < 1.29 is 19.5 Å². The number of aliphatic carboxylic acids is 1. The zero-order valence-corrected chi connectivity index (χ0v) is 14.2. The van der Waals surface area contributed by atoms with Crippen LogP contribution in [-0.2, 0) is 9.59 Å². The number of thioether (sulfide) groups is 1. The van der Waals surface area contributed by atoms with Crippen LogP contribution in [0.1, 0.15) is 57.8 Å². The van der Waals surface area contributed by atoms with Crippen molar-refractivity contribution in [2.75, 3.05) is 5.75 Å². The van der Waals surface area contributed by atoms with Crippen LogP contribution in [0.3, 0.4) is 0 Å². The van der Waals surface area contributed by atoms with Gasteiger partial charge in [0.2, 0.25) is 0 Å². The Balaban J connectivity index is 1.48. The fraction of sp³-hybridized carbons (Fsp3) is 0.812. The normalized spacial score (nSPS) is 25.7. The number of Topliss-reactive ketones (excluding diaryl/α,β-unsaturated/α-hetero) is 1. The quantitative estimate of drug-likeness (QED) is 0.396. The zero-order valence-electron chi connectivity index (χ0n) is 13.4. The number of fused-ring (bicyclic) bond motifs is 1. The Morgan fingerprint density at radius 1 is 1.04 bits per heavy atom. The summed E-state index contributed by atoms with van der Waals surface area (Å²) < 4.78 is 0. The van der Waals surface area contributed by atoms with Gasteiger partial charge in [-0.1, -0.05) is 12.8 Å². The third-order valence-electron chi connectivity index (χ3n) is 4.48. The van der Waals surface area contributed by atoms with Crippen LogP contribution in [0.4, 0.5) is 4.79 Å². The summed E-state index contributed by atoms with van der Waals surface area (Å²) in [5, 5.41) is 14.9. The highest BCUT2D eigenvalue weighted by atomic mass is 32.2. The first-order chi connectivity index (χ1) is 11.1.